The van der Waals surface area contributed by atoms with Gasteiger partial charge in [-0.05, 0) is 150 Å². The summed E-state index contributed by atoms with van der Waals surface area (Å²) < 4.78 is 165. The largest absolute Gasteiger partial charge is 0.506 e. The van der Waals surface area contributed by atoms with Gasteiger partial charge in [-0.3, -0.25) is 0 Å². The number of rotatable bonds is 10. The summed E-state index contributed by atoms with van der Waals surface area (Å²) in [6, 6.07) is 83.5. The first kappa shape index (κ1) is 74.2. The number of hydrogen-bond acceptors (Lipinski definition) is 10. The molecule has 16 aromatic rings. The molecule has 0 saturated carbocycles. The van der Waals surface area contributed by atoms with Crippen LogP contribution >= 0.6 is 80.1 Å². The average Bonchev–Trinajstić information content (AvgIpc) is 1.05. The Morgan fingerprint density at radius 2 is 0.736 bits per heavy atom. The van der Waals surface area contributed by atoms with E-state index in [0.29, 0.717) is 26.9 Å². The monoisotopic (exact) mass is 1580 g/mol. The second-order valence-electron chi connectivity index (χ2n) is 25.8. The zero-order valence-electron chi connectivity index (χ0n) is 55.9. The molecule has 0 bridgehead atoms. The topological polar surface area (TPSA) is 82.1 Å². The maximum atomic E-state index is 13.9. The number of halogens is 12. The van der Waals surface area contributed by atoms with Crippen molar-refractivity contribution in [1.29, 1.82) is 0 Å². The summed E-state index contributed by atoms with van der Waals surface area (Å²) in [5, 5.41) is 11.7. The number of alkyl halides is 9. The molecule has 1 aliphatic rings. The molecule has 0 spiro atoms. The Bertz CT molecular complexity index is 6150. The van der Waals surface area contributed by atoms with Gasteiger partial charge in [-0.2, -0.15) is 47.9 Å². The lowest BCUT2D eigenvalue weighted by molar-refractivity contribution is -0.382. The number of hydrogen-bond donors (Lipinski definition) is 1. The van der Waals surface area contributed by atoms with Crippen molar-refractivity contribution in [3.63, 3.8) is 0 Å². The van der Waals surface area contributed by atoms with Crippen LogP contribution in [0.3, 0.4) is 0 Å². The number of aromatic hydroxyl groups is 1. The highest BCUT2D eigenvalue weighted by Crippen LogP contribution is 2.56. The maximum Gasteiger partial charge on any atom is 0.495 e. The van der Waals surface area contributed by atoms with Crippen LogP contribution in [0.25, 0.3) is 125 Å². The molecule has 6 nitrogen and oxygen atoms in total. The van der Waals surface area contributed by atoms with E-state index >= 15 is 0 Å². The summed E-state index contributed by atoms with van der Waals surface area (Å²) in [4.78, 5) is 0. The normalized spacial score (nSPS) is 14.0. The molecule has 12 aromatic carbocycles. The fourth-order valence-corrected chi connectivity index (χ4v) is 19.3. The van der Waals surface area contributed by atoms with Crippen molar-refractivity contribution in [2.24, 2.45) is 0 Å². The van der Waals surface area contributed by atoms with Crippen molar-refractivity contribution >= 4 is 184 Å². The fourth-order valence-electron chi connectivity index (χ4n) is 12.5. The first-order valence-corrected chi connectivity index (χ1v) is 38.4. The van der Waals surface area contributed by atoms with Crippen molar-refractivity contribution in [2.45, 2.75) is 62.2 Å². The van der Waals surface area contributed by atoms with Gasteiger partial charge in [0.15, 0.2) is 5.75 Å². The Hall–Kier alpha value is -8.71. The number of benzene rings is 12. The third-order valence-electron chi connectivity index (χ3n) is 18.6. The fraction of sp³-hybridized carbons (Fsp3) is 0.122. The van der Waals surface area contributed by atoms with E-state index in [1.165, 1.54) is 91.6 Å². The number of fused-ring (bicyclic) bond motifs is 12. The summed E-state index contributed by atoms with van der Waals surface area (Å²) >= 11 is 24.7. The van der Waals surface area contributed by atoms with E-state index in [-0.39, 0.29) is 26.3 Å². The summed E-state index contributed by atoms with van der Waals surface area (Å²) in [6.07, 6.45) is -7.17. The molecule has 1 fully saturated rings. The lowest BCUT2D eigenvalue weighted by atomic mass is 9.75. The lowest BCUT2D eigenvalue weighted by Gasteiger charge is -2.32. The van der Waals surface area contributed by atoms with Gasteiger partial charge in [0.1, 0.15) is 5.75 Å². The van der Waals surface area contributed by atoms with Crippen molar-refractivity contribution in [3.8, 4) is 56.0 Å². The molecule has 0 unspecified atom stereocenters. The van der Waals surface area contributed by atoms with Gasteiger partial charge in [-0.15, -0.1) is 45.3 Å². The van der Waals surface area contributed by atoms with Crippen LogP contribution in [-0.2, 0) is 19.4 Å². The highest BCUT2D eigenvalue weighted by atomic mass is 35.5. The Morgan fingerprint density at radius 1 is 0.387 bits per heavy atom. The zero-order chi connectivity index (χ0) is 75.0. The molecular formula is C82H55BCl3F9O6S5. The Morgan fingerprint density at radius 3 is 1.20 bits per heavy atom. The van der Waals surface area contributed by atoms with Gasteiger partial charge in [0.2, 0.25) is 0 Å². The van der Waals surface area contributed by atoms with Crippen LogP contribution in [0.15, 0.2) is 255 Å². The van der Waals surface area contributed by atoms with Crippen LogP contribution < -0.4 is 9.65 Å². The predicted octanol–water partition coefficient (Wildman–Crippen LogP) is 27.0. The van der Waals surface area contributed by atoms with Crippen LogP contribution in [0.1, 0.15) is 27.7 Å². The number of thiophene rings is 4. The summed E-state index contributed by atoms with van der Waals surface area (Å²) in [5.74, 6) is -15.5. The van der Waals surface area contributed by atoms with E-state index in [4.69, 9.17) is 44.1 Å². The van der Waals surface area contributed by atoms with Gasteiger partial charge in [0.25, 0.3) is 0 Å². The van der Waals surface area contributed by atoms with Crippen molar-refractivity contribution < 1.29 is 66.5 Å². The van der Waals surface area contributed by atoms with E-state index in [0.717, 1.165) is 53.4 Å². The molecule has 1 aliphatic heterocycles. The molecule has 0 aliphatic carbocycles. The predicted molar refractivity (Wildman–Crippen MR) is 422 cm³/mol. The molecule has 4 aromatic heterocycles. The van der Waals surface area contributed by atoms with Gasteiger partial charge >= 0.3 is 40.5 Å². The van der Waals surface area contributed by atoms with Crippen LogP contribution in [0.5, 0.6) is 11.5 Å². The van der Waals surface area contributed by atoms with Crippen LogP contribution in [0.4, 0.5) is 39.5 Å². The third-order valence-corrected chi connectivity index (χ3v) is 25.6. The second-order valence-corrected chi connectivity index (χ2v) is 32.8. The molecule has 536 valence electrons. The molecule has 24 heteroatoms. The van der Waals surface area contributed by atoms with Crippen molar-refractivity contribution in [2.75, 3.05) is 0 Å². The SMILES string of the molecule is CC1(C)OB(c2ccc(-c3cccc(-c4ccccc4)c3)c3sc4ccccc4c23)OC1(C)C.Clc1ccc(-c2cccc(-c3ccccc3)c2)c2sc3ccccc3c12.O=S(=O)(Oc1ccc(Cl)c2c1sc1ccccc12)C(F)(F)C(F)(F)C(F)(F)C(F)(F)F.Oc1ccc(Cl)c2c1sc1ccccc12. The van der Waals surface area contributed by atoms with E-state index in [2.05, 4.69) is 202 Å². The molecule has 17 rings (SSSR count). The number of phenolic OH excluding ortho intramolecular Hbond substituents is 1. The maximum absolute atomic E-state index is 13.9. The molecule has 106 heavy (non-hydrogen) atoms. The Labute approximate surface area is 633 Å². The van der Waals surface area contributed by atoms with E-state index in [1.807, 2.05) is 59.1 Å². The molecule has 0 amide bonds. The van der Waals surface area contributed by atoms with Gasteiger partial charge in [0.05, 0.1) is 30.6 Å². The smallest absolute Gasteiger partial charge is 0.495 e. The van der Waals surface area contributed by atoms with Crippen LogP contribution in [0, 0.1) is 0 Å². The average molecular weight is 1580 g/mol. The van der Waals surface area contributed by atoms with Crippen LogP contribution in [0.2, 0.25) is 15.1 Å². The minimum Gasteiger partial charge on any atom is -0.506 e. The molecule has 1 N–H and O–H groups in total. The first-order valence-electron chi connectivity index (χ1n) is 32.6. The zero-order valence-corrected chi connectivity index (χ0v) is 62.2. The van der Waals surface area contributed by atoms with Crippen molar-refractivity contribution in [1.82, 2.24) is 0 Å². The molecule has 0 radical (unpaired) electrons. The van der Waals surface area contributed by atoms with Gasteiger partial charge in [0, 0.05) is 70.9 Å². The van der Waals surface area contributed by atoms with E-state index in [9.17, 15) is 53.0 Å². The minimum atomic E-state index is -7.39. The minimum absolute atomic E-state index is 0.0158. The third kappa shape index (κ3) is 13.4. The Balaban J connectivity index is 0.000000122. The van der Waals surface area contributed by atoms with Crippen LogP contribution in [-0.4, -0.2) is 55.1 Å². The highest BCUT2D eigenvalue weighted by molar-refractivity contribution is 7.88. The number of phenols is 1. The van der Waals surface area contributed by atoms with E-state index < -0.39 is 46.3 Å². The molecule has 5 heterocycles. The summed E-state index contributed by atoms with van der Waals surface area (Å²) in [5.41, 5.74) is 10.2. The molecule has 1 saturated heterocycles. The van der Waals surface area contributed by atoms with E-state index in [1.54, 1.807) is 35.6 Å². The highest BCUT2D eigenvalue weighted by Gasteiger charge is 2.86. The Kier molecular flexibility index (Phi) is 19.9. The second kappa shape index (κ2) is 28.5. The lowest BCUT2D eigenvalue weighted by Crippen LogP contribution is -2.63. The van der Waals surface area contributed by atoms with Gasteiger partial charge < -0.3 is 18.6 Å². The van der Waals surface area contributed by atoms with Gasteiger partial charge in [-0.25, -0.2) is 0 Å². The molecular weight excluding hydrogens is 1530 g/mol. The first-order chi connectivity index (χ1) is 50.4. The standard InChI is InChI=1S/C30H27BO2S.C24H15ClS.C16H6ClF9O3S2.C12H7ClOS/c1-29(2)30(3,4)33-31(32-29)25-18-17-23(28-27(25)24-15-8-9-16-26(24)34-28)22-14-10-13-21(19-22)20-11-6-5-7-12-20;25-21-14-13-19(24-23(21)20-11-4-5-12-22(20)26-24)18-10-6-9-17(15-18)16-7-2-1-3-8-16;17-8-5-6-9(12-11(8)7-3-1-2-4-10(7)30-12)29-31(27,28)16(25,26)14(20,21)13(18,19)15(22,23)24;13-8-5-6-9(14)12-11(8)7-3-1-2-4-10(7)15-12/h5-19H,1-4H3;1-15H;1-6H;1-6,14H. The van der Waals surface area contributed by atoms with Crippen molar-refractivity contribution in [3.05, 3.63) is 270 Å². The quantitative estimate of drug-likeness (QED) is 0.0835. The summed E-state index contributed by atoms with van der Waals surface area (Å²) in [6.45, 7) is 8.44. The summed E-state index contributed by atoms with van der Waals surface area (Å²) in [7, 11) is -7.45. The van der Waals surface area contributed by atoms with Gasteiger partial charge in [-0.1, -0.05) is 223 Å². The molecule has 0 atom stereocenters.